The first-order valence-corrected chi connectivity index (χ1v) is 7.90. The van der Waals surface area contributed by atoms with E-state index in [9.17, 15) is 0 Å². The number of hydrogen-bond donors (Lipinski definition) is 1. The van der Waals surface area contributed by atoms with E-state index in [0.29, 0.717) is 6.04 Å². The lowest BCUT2D eigenvalue weighted by atomic mass is 10.1. The minimum atomic E-state index is 0.570. The van der Waals surface area contributed by atoms with Crippen LogP contribution in [-0.4, -0.2) is 12.3 Å². The van der Waals surface area contributed by atoms with E-state index in [2.05, 4.69) is 49.7 Å². The molecule has 0 aliphatic rings. The van der Waals surface area contributed by atoms with Gasteiger partial charge in [0.15, 0.2) is 0 Å². The Morgan fingerprint density at radius 3 is 2.65 bits per heavy atom. The minimum absolute atomic E-state index is 0.570. The van der Waals surface area contributed by atoms with E-state index in [1.54, 1.807) is 11.8 Å². The standard InChI is InChI=1S/C15H25NS/c1-4-5-6-7-10-13(2)16-14-11-8-9-12-15(14)17-3/h8-9,11-13,16H,4-7,10H2,1-3H3. The number of benzene rings is 1. The predicted octanol–water partition coefficient (Wildman–Crippen LogP) is 5.18. The summed E-state index contributed by atoms with van der Waals surface area (Å²) in [7, 11) is 0. The summed E-state index contributed by atoms with van der Waals surface area (Å²) in [5.74, 6) is 0. The van der Waals surface area contributed by atoms with Crippen LogP contribution in [0.3, 0.4) is 0 Å². The van der Waals surface area contributed by atoms with Crippen molar-refractivity contribution in [1.29, 1.82) is 0 Å². The highest BCUT2D eigenvalue weighted by atomic mass is 32.2. The van der Waals surface area contributed by atoms with Gasteiger partial charge < -0.3 is 5.32 Å². The molecule has 0 radical (unpaired) electrons. The van der Waals surface area contributed by atoms with Gasteiger partial charge in [-0.1, -0.05) is 44.7 Å². The lowest BCUT2D eigenvalue weighted by Crippen LogP contribution is -2.15. The van der Waals surface area contributed by atoms with Crippen molar-refractivity contribution in [2.75, 3.05) is 11.6 Å². The van der Waals surface area contributed by atoms with Crippen LogP contribution in [-0.2, 0) is 0 Å². The second kappa shape index (κ2) is 8.46. The molecule has 1 atom stereocenters. The summed E-state index contributed by atoms with van der Waals surface area (Å²) in [6, 6.07) is 9.13. The normalized spacial score (nSPS) is 12.4. The first-order valence-electron chi connectivity index (χ1n) is 6.67. The summed E-state index contributed by atoms with van der Waals surface area (Å²) in [5, 5.41) is 3.62. The van der Waals surface area contributed by atoms with Crippen molar-refractivity contribution in [3.8, 4) is 0 Å². The van der Waals surface area contributed by atoms with Gasteiger partial charge in [-0.25, -0.2) is 0 Å². The number of unbranched alkanes of at least 4 members (excludes halogenated alkanes) is 3. The molecule has 0 spiro atoms. The van der Waals surface area contributed by atoms with Gasteiger partial charge in [0.2, 0.25) is 0 Å². The van der Waals surface area contributed by atoms with Crippen LogP contribution >= 0.6 is 11.8 Å². The number of para-hydroxylation sites is 1. The smallest absolute Gasteiger partial charge is 0.0480 e. The maximum absolute atomic E-state index is 3.62. The van der Waals surface area contributed by atoms with E-state index >= 15 is 0 Å². The maximum Gasteiger partial charge on any atom is 0.0480 e. The van der Waals surface area contributed by atoms with Gasteiger partial charge in [0.25, 0.3) is 0 Å². The van der Waals surface area contributed by atoms with Crippen LogP contribution in [0.25, 0.3) is 0 Å². The summed E-state index contributed by atoms with van der Waals surface area (Å²) >= 11 is 1.81. The molecule has 0 bridgehead atoms. The Kier molecular flexibility index (Phi) is 7.18. The molecular formula is C15H25NS. The van der Waals surface area contributed by atoms with Crippen molar-refractivity contribution in [3.63, 3.8) is 0 Å². The third kappa shape index (κ3) is 5.49. The Bertz CT molecular complexity index is 312. The highest BCUT2D eigenvalue weighted by Crippen LogP contribution is 2.25. The summed E-state index contributed by atoms with van der Waals surface area (Å²) in [5.41, 5.74) is 1.28. The zero-order valence-electron chi connectivity index (χ0n) is 11.3. The van der Waals surface area contributed by atoms with Gasteiger partial charge in [-0.05, 0) is 31.7 Å². The summed E-state index contributed by atoms with van der Waals surface area (Å²) < 4.78 is 0. The van der Waals surface area contributed by atoms with E-state index < -0.39 is 0 Å². The van der Waals surface area contributed by atoms with Crippen molar-refractivity contribution in [1.82, 2.24) is 0 Å². The zero-order valence-corrected chi connectivity index (χ0v) is 12.1. The van der Waals surface area contributed by atoms with E-state index in [4.69, 9.17) is 0 Å². The molecular weight excluding hydrogens is 226 g/mol. The van der Waals surface area contributed by atoms with Crippen molar-refractivity contribution >= 4 is 17.4 Å². The van der Waals surface area contributed by atoms with E-state index in [1.165, 1.54) is 42.7 Å². The van der Waals surface area contributed by atoms with E-state index in [-0.39, 0.29) is 0 Å². The molecule has 1 aromatic carbocycles. The van der Waals surface area contributed by atoms with Gasteiger partial charge in [0, 0.05) is 16.6 Å². The summed E-state index contributed by atoms with van der Waals surface area (Å²) in [6.45, 7) is 4.54. The lowest BCUT2D eigenvalue weighted by Gasteiger charge is -2.17. The molecule has 0 saturated heterocycles. The van der Waals surface area contributed by atoms with Gasteiger partial charge in [-0.15, -0.1) is 11.8 Å². The van der Waals surface area contributed by atoms with Gasteiger partial charge in [-0.2, -0.15) is 0 Å². The Morgan fingerprint density at radius 2 is 1.94 bits per heavy atom. The molecule has 0 heterocycles. The molecule has 1 N–H and O–H groups in total. The molecule has 1 rings (SSSR count). The highest BCUT2D eigenvalue weighted by Gasteiger charge is 2.04. The quantitative estimate of drug-likeness (QED) is 0.504. The molecule has 1 nitrogen and oxygen atoms in total. The van der Waals surface area contributed by atoms with Crippen LogP contribution in [0, 0.1) is 0 Å². The molecule has 1 aromatic rings. The maximum atomic E-state index is 3.62. The monoisotopic (exact) mass is 251 g/mol. The minimum Gasteiger partial charge on any atom is -0.382 e. The van der Waals surface area contributed by atoms with Crippen molar-refractivity contribution in [3.05, 3.63) is 24.3 Å². The van der Waals surface area contributed by atoms with Gasteiger partial charge >= 0.3 is 0 Å². The first-order chi connectivity index (χ1) is 8.27. The van der Waals surface area contributed by atoms with Crippen LogP contribution in [0.1, 0.15) is 46.0 Å². The topological polar surface area (TPSA) is 12.0 Å². The molecule has 2 heteroatoms. The van der Waals surface area contributed by atoms with E-state index in [0.717, 1.165) is 0 Å². The number of thioether (sulfide) groups is 1. The van der Waals surface area contributed by atoms with Crippen LogP contribution < -0.4 is 5.32 Å². The SMILES string of the molecule is CCCCCCC(C)Nc1ccccc1SC. The molecule has 0 amide bonds. The summed E-state index contributed by atoms with van der Waals surface area (Å²) in [4.78, 5) is 1.34. The van der Waals surface area contributed by atoms with Crippen molar-refractivity contribution in [2.24, 2.45) is 0 Å². The number of hydrogen-bond acceptors (Lipinski definition) is 2. The van der Waals surface area contributed by atoms with Crippen LogP contribution in [0.5, 0.6) is 0 Å². The third-order valence-electron chi connectivity index (χ3n) is 3.00. The second-order valence-electron chi connectivity index (χ2n) is 4.60. The Balaban J connectivity index is 2.36. The molecule has 0 aliphatic heterocycles. The van der Waals surface area contributed by atoms with Crippen molar-refractivity contribution < 1.29 is 0 Å². The zero-order chi connectivity index (χ0) is 12.5. The molecule has 0 aromatic heterocycles. The fraction of sp³-hybridized carbons (Fsp3) is 0.600. The lowest BCUT2D eigenvalue weighted by molar-refractivity contribution is 0.593. The van der Waals surface area contributed by atoms with Crippen LogP contribution in [0.2, 0.25) is 0 Å². The molecule has 1 unspecified atom stereocenters. The first kappa shape index (κ1) is 14.4. The highest BCUT2D eigenvalue weighted by molar-refractivity contribution is 7.98. The van der Waals surface area contributed by atoms with Gasteiger partial charge in [0.1, 0.15) is 0 Å². The summed E-state index contributed by atoms with van der Waals surface area (Å²) in [6.07, 6.45) is 8.79. The molecule has 96 valence electrons. The predicted molar refractivity (Wildman–Crippen MR) is 80.1 cm³/mol. The Labute approximate surface area is 110 Å². The second-order valence-corrected chi connectivity index (χ2v) is 5.44. The van der Waals surface area contributed by atoms with Gasteiger partial charge in [0.05, 0.1) is 0 Å². The average Bonchev–Trinajstić information content (AvgIpc) is 2.35. The largest absolute Gasteiger partial charge is 0.382 e. The Hall–Kier alpha value is -0.630. The van der Waals surface area contributed by atoms with Crippen LogP contribution in [0.4, 0.5) is 5.69 Å². The van der Waals surface area contributed by atoms with Crippen LogP contribution in [0.15, 0.2) is 29.2 Å². The van der Waals surface area contributed by atoms with E-state index in [1.807, 2.05) is 0 Å². The molecule has 0 saturated carbocycles. The molecule has 0 aliphatic carbocycles. The number of rotatable bonds is 8. The molecule has 17 heavy (non-hydrogen) atoms. The average molecular weight is 251 g/mol. The molecule has 0 fully saturated rings. The van der Waals surface area contributed by atoms with Crippen molar-refractivity contribution in [2.45, 2.75) is 56.9 Å². The fourth-order valence-corrected chi connectivity index (χ4v) is 2.54. The number of anilines is 1. The fourth-order valence-electron chi connectivity index (χ4n) is 1.98. The number of nitrogens with one attached hydrogen (secondary N) is 1. The third-order valence-corrected chi connectivity index (χ3v) is 3.80. The Morgan fingerprint density at radius 1 is 1.18 bits per heavy atom. The van der Waals surface area contributed by atoms with Gasteiger partial charge in [-0.3, -0.25) is 0 Å².